The van der Waals surface area contributed by atoms with Gasteiger partial charge in [0.15, 0.2) is 17.5 Å². The lowest BCUT2D eigenvalue weighted by atomic mass is 9.92. The summed E-state index contributed by atoms with van der Waals surface area (Å²) in [6.45, 7) is 1.86. The van der Waals surface area contributed by atoms with Crippen molar-refractivity contribution in [2.45, 2.75) is 19.3 Å². The summed E-state index contributed by atoms with van der Waals surface area (Å²) in [6, 6.07) is 2.18. The monoisotopic (exact) mass is 229 g/mol. The van der Waals surface area contributed by atoms with Gasteiger partial charge in [-0.3, -0.25) is 0 Å². The number of halogens is 3. The summed E-state index contributed by atoms with van der Waals surface area (Å²) < 4.78 is 38.7. The third-order valence-corrected chi connectivity index (χ3v) is 2.97. The first-order valence-corrected chi connectivity index (χ1v) is 5.51. The summed E-state index contributed by atoms with van der Waals surface area (Å²) in [4.78, 5) is 0. The molecule has 1 saturated heterocycles. The maximum absolute atomic E-state index is 13.0. The van der Waals surface area contributed by atoms with Crippen LogP contribution in [0.1, 0.15) is 18.4 Å². The van der Waals surface area contributed by atoms with Crippen LogP contribution in [0.4, 0.5) is 13.2 Å². The Morgan fingerprint density at radius 1 is 1.19 bits per heavy atom. The molecule has 1 heterocycles. The molecule has 1 aliphatic rings. The number of hydrogen-bond acceptors (Lipinski definition) is 1. The standard InChI is InChI=1S/C12H14F3N/c13-10-5-9(6-11(14)12(10)15)4-8-2-1-3-16-7-8/h5-6,8,16H,1-4,7H2. The molecule has 0 saturated carbocycles. The van der Waals surface area contributed by atoms with E-state index in [4.69, 9.17) is 0 Å². The van der Waals surface area contributed by atoms with Crippen LogP contribution in [0.3, 0.4) is 0 Å². The van der Waals surface area contributed by atoms with Gasteiger partial charge in [-0.15, -0.1) is 0 Å². The minimum Gasteiger partial charge on any atom is -0.316 e. The van der Waals surface area contributed by atoms with E-state index >= 15 is 0 Å². The summed E-state index contributed by atoms with van der Waals surface area (Å²) in [5.41, 5.74) is 0.533. The largest absolute Gasteiger partial charge is 0.316 e. The second-order valence-electron chi connectivity index (χ2n) is 4.29. The maximum Gasteiger partial charge on any atom is 0.194 e. The minimum atomic E-state index is -1.38. The molecule has 4 heteroatoms. The molecular formula is C12H14F3N. The topological polar surface area (TPSA) is 12.0 Å². The molecule has 88 valence electrons. The van der Waals surface area contributed by atoms with Crippen molar-refractivity contribution in [2.24, 2.45) is 5.92 Å². The van der Waals surface area contributed by atoms with Gasteiger partial charge in [-0.1, -0.05) is 0 Å². The van der Waals surface area contributed by atoms with Gasteiger partial charge >= 0.3 is 0 Å². The van der Waals surface area contributed by atoms with Gasteiger partial charge in [-0.2, -0.15) is 0 Å². The van der Waals surface area contributed by atoms with Crippen molar-refractivity contribution >= 4 is 0 Å². The first kappa shape index (κ1) is 11.5. The van der Waals surface area contributed by atoms with Crippen molar-refractivity contribution in [3.8, 4) is 0 Å². The fourth-order valence-electron chi connectivity index (χ4n) is 2.16. The summed E-state index contributed by atoms with van der Waals surface area (Å²) in [5, 5.41) is 3.23. The van der Waals surface area contributed by atoms with Crippen molar-refractivity contribution in [1.29, 1.82) is 0 Å². The predicted molar refractivity (Wildman–Crippen MR) is 55.6 cm³/mol. The van der Waals surface area contributed by atoms with E-state index in [2.05, 4.69) is 5.32 Å². The second kappa shape index (κ2) is 4.87. The van der Waals surface area contributed by atoms with Crippen LogP contribution in [-0.2, 0) is 6.42 Å². The van der Waals surface area contributed by atoms with E-state index in [9.17, 15) is 13.2 Å². The zero-order chi connectivity index (χ0) is 11.5. The van der Waals surface area contributed by atoms with E-state index in [0.717, 1.165) is 38.1 Å². The molecule has 1 aromatic carbocycles. The Morgan fingerprint density at radius 3 is 2.44 bits per heavy atom. The van der Waals surface area contributed by atoms with Gasteiger partial charge in [-0.25, -0.2) is 13.2 Å². The molecule has 1 atom stereocenters. The second-order valence-corrected chi connectivity index (χ2v) is 4.29. The van der Waals surface area contributed by atoms with E-state index in [-0.39, 0.29) is 0 Å². The molecule has 1 N–H and O–H groups in total. The van der Waals surface area contributed by atoms with E-state index in [1.807, 2.05) is 0 Å². The first-order valence-electron chi connectivity index (χ1n) is 5.51. The zero-order valence-electron chi connectivity index (χ0n) is 8.90. The Bertz CT molecular complexity index is 350. The van der Waals surface area contributed by atoms with Gasteiger partial charge in [0, 0.05) is 0 Å². The van der Waals surface area contributed by atoms with E-state index in [1.165, 1.54) is 0 Å². The van der Waals surface area contributed by atoms with Gasteiger partial charge in [-0.05, 0) is 56.0 Å². The molecule has 0 aliphatic carbocycles. The molecule has 1 fully saturated rings. The van der Waals surface area contributed by atoms with Crippen LogP contribution < -0.4 is 5.32 Å². The maximum atomic E-state index is 13.0. The highest BCUT2D eigenvalue weighted by Crippen LogP contribution is 2.19. The molecule has 2 rings (SSSR count). The Kier molecular flexibility index (Phi) is 3.49. The molecule has 1 aromatic rings. The Morgan fingerprint density at radius 2 is 1.88 bits per heavy atom. The smallest absolute Gasteiger partial charge is 0.194 e. The van der Waals surface area contributed by atoms with Gasteiger partial charge in [0.1, 0.15) is 0 Å². The molecule has 0 spiro atoms. The summed E-state index contributed by atoms with van der Waals surface area (Å²) in [7, 11) is 0. The van der Waals surface area contributed by atoms with Crippen LogP contribution >= 0.6 is 0 Å². The fraction of sp³-hybridized carbons (Fsp3) is 0.500. The van der Waals surface area contributed by atoms with Gasteiger partial charge in [0.25, 0.3) is 0 Å². The van der Waals surface area contributed by atoms with Crippen molar-refractivity contribution < 1.29 is 13.2 Å². The quantitative estimate of drug-likeness (QED) is 0.769. The number of hydrogen-bond donors (Lipinski definition) is 1. The summed E-state index contributed by atoms with van der Waals surface area (Å²) >= 11 is 0. The SMILES string of the molecule is Fc1cc(CC2CCCNC2)cc(F)c1F. The van der Waals surface area contributed by atoms with Gasteiger partial charge in [0.2, 0.25) is 0 Å². The lowest BCUT2D eigenvalue weighted by Crippen LogP contribution is -2.30. The van der Waals surface area contributed by atoms with E-state index in [0.29, 0.717) is 17.9 Å². The molecule has 16 heavy (non-hydrogen) atoms. The minimum absolute atomic E-state index is 0.387. The van der Waals surface area contributed by atoms with Gasteiger partial charge < -0.3 is 5.32 Å². The van der Waals surface area contributed by atoms with Crippen LogP contribution in [-0.4, -0.2) is 13.1 Å². The number of nitrogens with one attached hydrogen (secondary N) is 1. The van der Waals surface area contributed by atoms with Crippen LogP contribution in [0.5, 0.6) is 0 Å². The molecule has 0 amide bonds. The Hall–Kier alpha value is -1.03. The fourth-order valence-corrected chi connectivity index (χ4v) is 2.16. The highest BCUT2D eigenvalue weighted by molar-refractivity contribution is 5.20. The summed E-state index contributed by atoms with van der Waals surface area (Å²) in [6.07, 6.45) is 2.73. The van der Waals surface area contributed by atoms with Crippen molar-refractivity contribution in [3.05, 3.63) is 35.1 Å². The van der Waals surface area contributed by atoms with Crippen LogP contribution in [0.15, 0.2) is 12.1 Å². The van der Waals surface area contributed by atoms with Crippen molar-refractivity contribution in [2.75, 3.05) is 13.1 Å². The number of piperidine rings is 1. The number of benzene rings is 1. The number of rotatable bonds is 2. The van der Waals surface area contributed by atoms with E-state index < -0.39 is 17.5 Å². The lowest BCUT2D eigenvalue weighted by molar-refractivity contribution is 0.373. The van der Waals surface area contributed by atoms with Crippen LogP contribution in [0.25, 0.3) is 0 Å². The highest BCUT2D eigenvalue weighted by Gasteiger charge is 2.16. The predicted octanol–water partition coefficient (Wildman–Crippen LogP) is 2.65. The lowest BCUT2D eigenvalue weighted by Gasteiger charge is -2.22. The van der Waals surface area contributed by atoms with Crippen LogP contribution in [0, 0.1) is 23.4 Å². The molecule has 1 aliphatic heterocycles. The van der Waals surface area contributed by atoms with Crippen molar-refractivity contribution in [3.63, 3.8) is 0 Å². The average molecular weight is 229 g/mol. The molecule has 1 unspecified atom stereocenters. The molecular weight excluding hydrogens is 215 g/mol. The average Bonchev–Trinajstić information content (AvgIpc) is 2.27. The molecule has 1 nitrogen and oxygen atoms in total. The Labute approximate surface area is 92.7 Å². The Balaban J connectivity index is 2.09. The third-order valence-electron chi connectivity index (χ3n) is 2.97. The van der Waals surface area contributed by atoms with Crippen LogP contribution in [0.2, 0.25) is 0 Å². The highest BCUT2D eigenvalue weighted by atomic mass is 19.2. The zero-order valence-corrected chi connectivity index (χ0v) is 8.90. The molecule has 0 bridgehead atoms. The first-order chi connectivity index (χ1) is 7.66. The normalized spacial score (nSPS) is 21.1. The molecule has 0 radical (unpaired) electrons. The third kappa shape index (κ3) is 2.55. The van der Waals surface area contributed by atoms with Gasteiger partial charge in [0.05, 0.1) is 0 Å². The van der Waals surface area contributed by atoms with Crippen molar-refractivity contribution in [1.82, 2.24) is 5.32 Å². The van der Waals surface area contributed by atoms with E-state index in [1.54, 1.807) is 0 Å². The molecule has 0 aromatic heterocycles. The summed E-state index contributed by atoms with van der Waals surface area (Å²) in [5.74, 6) is -3.19.